The molecule has 116 valence electrons. The van der Waals surface area contributed by atoms with E-state index in [0.29, 0.717) is 6.54 Å². The van der Waals surface area contributed by atoms with Crippen LogP contribution >= 0.6 is 35.3 Å². The minimum atomic E-state index is 0. The van der Waals surface area contributed by atoms with Gasteiger partial charge in [0.1, 0.15) is 12.0 Å². The number of nitrogens with zero attached hydrogens (tertiary/aromatic N) is 2. The zero-order chi connectivity index (χ0) is 14.2. The van der Waals surface area contributed by atoms with E-state index in [9.17, 15) is 0 Å². The summed E-state index contributed by atoms with van der Waals surface area (Å²) in [6.45, 7) is 6.35. The number of aliphatic imine (C=N–C) groups is 1. The molecule has 2 heterocycles. The summed E-state index contributed by atoms with van der Waals surface area (Å²) in [6.07, 6.45) is 2.65. The first-order chi connectivity index (χ1) is 9.81. The molecule has 0 aliphatic heterocycles. The van der Waals surface area contributed by atoms with Crippen molar-refractivity contribution >= 4 is 41.3 Å². The van der Waals surface area contributed by atoms with Gasteiger partial charge in [-0.3, -0.25) is 0 Å². The number of thiophene rings is 1. The Morgan fingerprint density at radius 1 is 1.24 bits per heavy atom. The highest BCUT2D eigenvalue weighted by Crippen LogP contribution is 2.16. The van der Waals surface area contributed by atoms with Gasteiger partial charge in [0.05, 0.1) is 13.1 Å². The lowest BCUT2D eigenvalue weighted by Gasteiger charge is -2.09. The number of hydrogen-bond acceptors (Lipinski definition) is 4. The summed E-state index contributed by atoms with van der Waals surface area (Å²) in [4.78, 5) is 7.20. The van der Waals surface area contributed by atoms with E-state index < -0.39 is 0 Å². The lowest BCUT2D eigenvalue weighted by atomic mass is 10.3. The van der Waals surface area contributed by atoms with E-state index in [-0.39, 0.29) is 24.0 Å². The molecule has 0 bridgehead atoms. The fraction of sp³-hybridized carbons (Fsp3) is 0.429. The van der Waals surface area contributed by atoms with Crippen LogP contribution in [-0.4, -0.2) is 17.7 Å². The van der Waals surface area contributed by atoms with Gasteiger partial charge < -0.3 is 15.2 Å². The highest BCUT2D eigenvalue weighted by Gasteiger charge is 2.02. The Balaban J connectivity index is 0.00000220. The van der Waals surface area contributed by atoms with Gasteiger partial charge in [-0.05, 0) is 25.5 Å². The summed E-state index contributed by atoms with van der Waals surface area (Å²) in [7, 11) is 0. The van der Waals surface area contributed by atoms with E-state index in [0.717, 1.165) is 31.2 Å². The summed E-state index contributed by atoms with van der Waals surface area (Å²) in [5.74, 6) is 0.793. The van der Waals surface area contributed by atoms with Gasteiger partial charge in [-0.1, -0.05) is 12.1 Å². The monoisotopic (exact) mass is 420 g/mol. The van der Waals surface area contributed by atoms with Crippen molar-refractivity contribution in [2.45, 2.75) is 33.4 Å². The number of halogens is 1. The standard InChI is InChI=1S/C14H20N4OS.HI/c1-3-12-5-6-13(20-12)10-17-14(15-4-2)16-9-11-7-8-19-18-11;/h5-8H,3-4,9-10H2,1-2H3,(H2,15,16,17);1H. The van der Waals surface area contributed by atoms with Crippen molar-refractivity contribution in [3.8, 4) is 0 Å². The first kappa shape index (κ1) is 18.0. The molecule has 2 N–H and O–H groups in total. The quantitative estimate of drug-likeness (QED) is 0.428. The van der Waals surface area contributed by atoms with Gasteiger partial charge in [-0.25, -0.2) is 4.99 Å². The largest absolute Gasteiger partial charge is 0.364 e. The van der Waals surface area contributed by atoms with Crippen LogP contribution in [0.2, 0.25) is 0 Å². The van der Waals surface area contributed by atoms with Crippen LogP contribution in [-0.2, 0) is 19.5 Å². The number of aryl methyl sites for hydroxylation is 1. The molecule has 0 spiro atoms. The van der Waals surface area contributed by atoms with Crippen LogP contribution < -0.4 is 10.6 Å². The molecule has 0 aliphatic rings. The molecule has 2 aromatic heterocycles. The second-order valence-electron chi connectivity index (χ2n) is 4.26. The van der Waals surface area contributed by atoms with Gasteiger partial charge in [0.25, 0.3) is 0 Å². The second kappa shape index (κ2) is 9.78. The SMILES string of the molecule is CCNC(=NCc1ccon1)NCc1ccc(CC)s1.I. The third kappa shape index (κ3) is 6.04. The molecule has 0 aliphatic carbocycles. The Bertz CT molecular complexity index is 539. The lowest BCUT2D eigenvalue weighted by molar-refractivity contribution is 0.412. The van der Waals surface area contributed by atoms with Gasteiger partial charge in [-0.15, -0.1) is 35.3 Å². The minimum Gasteiger partial charge on any atom is -0.364 e. The predicted molar refractivity (Wildman–Crippen MR) is 97.3 cm³/mol. The molecule has 0 fully saturated rings. The summed E-state index contributed by atoms with van der Waals surface area (Å²) in [6, 6.07) is 6.17. The van der Waals surface area contributed by atoms with Crippen LogP contribution in [0, 0.1) is 0 Å². The first-order valence-electron chi connectivity index (χ1n) is 6.80. The first-order valence-corrected chi connectivity index (χ1v) is 7.62. The molecular formula is C14H21IN4OS. The van der Waals surface area contributed by atoms with Crippen LogP contribution in [0.3, 0.4) is 0 Å². The zero-order valence-electron chi connectivity index (χ0n) is 12.3. The topological polar surface area (TPSA) is 62.5 Å². The van der Waals surface area contributed by atoms with E-state index in [1.165, 1.54) is 9.75 Å². The van der Waals surface area contributed by atoms with Gasteiger partial charge in [0.2, 0.25) is 0 Å². The highest BCUT2D eigenvalue weighted by molar-refractivity contribution is 14.0. The summed E-state index contributed by atoms with van der Waals surface area (Å²) >= 11 is 1.84. The van der Waals surface area contributed by atoms with Crippen LogP contribution in [0.4, 0.5) is 0 Å². The minimum absolute atomic E-state index is 0. The molecule has 0 radical (unpaired) electrons. The van der Waals surface area contributed by atoms with Crippen molar-refractivity contribution in [3.63, 3.8) is 0 Å². The Morgan fingerprint density at radius 3 is 2.67 bits per heavy atom. The van der Waals surface area contributed by atoms with Gasteiger partial charge in [0, 0.05) is 22.4 Å². The number of guanidine groups is 1. The maximum Gasteiger partial charge on any atom is 0.191 e. The Hall–Kier alpha value is -1.09. The maximum absolute atomic E-state index is 4.79. The van der Waals surface area contributed by atoms with E-state index in [1.807, 2.05) is 24.3 Å². The second-order valence-corrected chi connectivity index (χ2v) is 5.51. The molecule has 21 heavy (non-hydrogen) atoms. The Labute approximate surface area is 146 Å². The molecule has 0 saturated carbocycles. The lowest BCUT2D eigenvalue weighted by Crippen LogP contribution is -2.36. The molecule has 0 saturated heterocycles. The summed E-state index contributed by atoms with van der Waals surface area (Å²) in [5, 5.41) is 10.4. The zero-order valence-corrected chi connectivity index (χ0v) is 15.4. The summed E-state index contributed by atoms with van der Waals surface area (Å²) in [5.41, 5.74) is 0.826. The Morgan fingerprint density at radius 2 is 2.05 bits per heavy atom. The van der Waals surface area contributed by atoms with Gasteiger partial charge in [-0.2, -0.15) is 0 Å². The Kier molecular flexibility index (Phi) is 8.36. The van der Waals surface area contributed by atoms with Crippen LogP contribution in [0.1, 0.15) is 29.3 Å². The molecule has 2 aromatic rings. The fourth-order valence-corrected chi connectivity index (χ4v) is 2.60. The van der Waals surface area contributed by atoms with Crippen molar-refractivity contribution in [2.75, 3.05) is 6.54 Å². The number of aromatic nitrogens is 1. The number of hydrogen-bond donors (Lipinski definition) is 2. The average Bonchev–Trinajstić information content (AvgIpc) is 3.13. The van der Waals surface area contributed by atoms with Crippen molar-refractivity contribution in [1.82, 2.24) is 15.8 Å². The van der Waals surface area contributed by atoms with E-state index >= 15 is 0 Å². The van der Waals surface area contributed by atoms with Gasteiger partial charge in [0.15, 0.2) is 5.96 Å². The molecule has 0 atom stereocenters. The highest BCUT2D eigenvalue weighted by atomic mass is 127. The molecule has 0 amide bonds. The van der Waals surface area contributed by atoms with Gasteiger partial charge >= 0.3 is 0 Å². The van der Waals surface area contributed by atoms with Crippen molar-refractivity contribution in [2.24, 2.45) is 4.99 Å². The molecule has 7 heteroatoms. The summed E-state index contributed by atoms with van der Waals surface area (Å²) < 4.78 is 4.79. The van der Waals surface area contributed by atoms with E-state index in [1.54, 1.807) is 6.26 Å². The number of rotatable bonds is 6. The molecule has 0 aromatic carbocycles. The normalized spacial score (nSPS) is 11.0. The third-order valence-corrected chi connectivity index (χ3v) is 3.96. The fourth-order valence-electron chi connectivity index (χ4n) is 1.70. The van der Waals surface area contributed by atoms with Crippen LogP contribution in [0.5, 0.6) is 0 Å². The molecular weight excluding hydrogens is 399 g/mol. The number of nitrogens with one attached hydrogen (secondary N) is 2. The maximum atomic E-state index is 4.79. The van der Waals surface area contributed by atoms with E-state index in [2.05, 4.69) is 39.8 Å². The smallest absolute Gasteiger partial charge is 0.191 e. The van der Waals surface area contributed by atoms with E-state index in [4.69, 9.17) is 4.52 Å². The predicted octanol–water partition coefficient (Wildman–Crippen LogP) is 3.17. The van der Waals surface area contributed by atoms with Crippen molar-refractivity contribution in [3.05, 3.63) is 39.9 Å². The molecule has 5 nitrogen and oxygen atoms in total. The molecule has 0 unspecified atom stereocenters. The molecule has 2 rings (SSSR count). The van der Waals surface area contributed by atoms with Crippen LogP contribution in [0.25, 0.3) is 0 Å². The van der Waals surface area contributed by atoms with Crippen LogP contribution in [0.15, 0.2) is 34.0 Å². The van der Waals surface area contributed by atoms with Crippen molar-refractivity contribution in [1.29, 1.82) is 0 Å². The van der Waals surface area contributed by atoms with Crippen molar-refractivity contribution < 1.29 is 4.52 Å². The third-order valence-electron chi connectivity index (χ3n) is 2.73. The average molecular weight is 420 g/mol.